The van der Waals surface area contributed by atoms with E-state index in [0.717, 1.165) is 35.3 Å². The van der Waals surface area contributed by atoms with Crippen LogP contribution in [0, 0.1) is 24.0 Å². The van der Waals surface area contributed by atoms with E-state index in [1.807, 2.05) is 25.1 Å². The summed E-state index contributed by atoms with van der Waals surface area (Å²) < 4.78 is 0. The summed E-state index contributed by atoms with van der Waals surface area (Å²) in [5.41, 5.74) is 2.13. The van der Waals surface area contributed by atoms with E-state index in [2.05, 4.69) is 10.2 Å². The molecule has 1 unspecified atom stereocenters. The van der Waals surface area contributed by atoms with Crippen molar-refractivity contribution in [1.82, 2.24) is 4.90 Å². The Hall–Kier alpha value is -3.11. The molecule has 1 spiro atoms. The number of hydrogen-bond donors (Lipinski definition) is 3. The molecule has 4 aliphatic rings. The quantitative estimate of drug-likeness (QED) is 0.469. The zero-order valence-electron chi connectivity index (χ0n) is 19.0. The molecule has 2 aromatic rings. The molecule has 3 N–H and O–H groups in total. The summed E-state index contributed by atoms with van der Waals surface area (Å²) in [4.78, 5) is 44.7. The van der Waals surface area contributed by atoms with Gasteiger partial charge in [-0.05, 0) is 50.4 Å². The normalized spacial score (nSPS) is 30.6. The van der Waals surface area contributed by atoms with Crippen molar-refractivity contribution in [3.05, 3.63) is 58.3 Å². The van der Waals surface area contributed by atoms with Gasteiger partial charge in [0.1, 0.15) is 5.54 Å². The summed E-state index contributed by atoms with van der Waals surface area (Å²) in [7, 11) is 0. The summed E-state index contributed by atoms with van der Waals surface area (Å²) in [5.74, 6) is -2.54. The van der Waals surface area contributed by atoms with Crippen LogP contribution in [-0.2, 0) is 26.3 Å². The Bertz CT molecular complexity index is 1260. The largest absolute Gasteiger partial charge is 0.595 e. The number of nitrogens with zero attached hydrogens (tertiary/aromatic N) is 2. The molecule has 3 amide bonds. The molecule has 5 atom stereocenters. The van der Waals surface area contributed by atoms with Crippen LogP contribution in [0.15, 0.2) is 36.4 Å². The highest BCUT2D eigenvalue weighted by molar-refractivity contribution is 6.26. The van der Waals surface area contributed by atoms with Gasteiger partial charge in [0, 0.05) is 28.9 Å². The number of imide groups is 1. The van der Waals surface area contributed by atoms with Crippen LogP contribution in [0.4, 0.5) is 17.1 Å². The van der Waals surface area contributed by atoms with Crippen molar-refractivity contribution in [3.63, 3.8) is 0 Å². The minimum absolute atomic E-state index is 0.0453. The van der Waals surface area contributed by atoms with E-state index in [0.29, 0.717) is 17.8 Å². The first-order valence-electron chi connectivity index (χ1n) is 11.7. The van der Waals surface area contributed by atoms with E-state index >= 15 is 0 Å². The molecule has 2 aromatic carbocycles. The van der Waals surface area contributed by atoms with Crippen molar-refractivity contribution in [2.75, 3.05) is 16.8 Å². The maximum Gasteiger partial charge on any atom is 0.250 e. The summed E-state index contributed by atoms with van der Waals surface area (Å²) in [5, 5.41) is 23.1. The molecule has 176 valence electrons. The van der Waals surface area contributed by atoms with E-state index < -0.39 is 28.5 Å². The standard InChI is InChI=1S/C25H26N4O5/c1-3-14-7-9-17-16(11-14)25(24(32)26-17)21-20(18-5-4-10-27(18)25)22(30)28(23(21)31)15-8-6-13(2)19(12-15)29(33)34/h6-9,11-12,18,20-21,29,33H,3-5,10H2,1-2H3,(H,26,32)/t18-,20+,21-,25+/m0/s1. The molecule has 0 aliphatic carbocycles. The van der Waals surface area contributed by atoms with E-state index in [-0.39, 0.29) is 29.2 Å². The summed E-state index contributed by atoms with van der Waals surface area (Å²) >= 11 is 0. The zero-order chi connectivity index (χ0) is 23.9. The highest BCUT2D eigenvalue weighted by Crippen LogP contribution is 2.60. The van der Waals surface area contributed by atoms with Crippen molar-refractivity contribution < 1.29 is 24.8 Å². The van der Waals surface area contributed by atoms with Gasteiger partial charge in [0.2, 0.25) is 17.7 Å². The molecule has 0 aromatic heterocycles. The van der Waals surface area contributed by atoms with Gasteiger partial charge < -0.3 is 10.5 Å². The second kappa shape index (κ2) is 7.19. The molecule has 3 fully saturated rings. The molecule has 0 radical (unpaired) electrons. The van der Waals surface area contributed by atoms with Gasteiger partial charge in [-0.1, -0.05) is 25.1 Å². The third-order valence-corrected chi connectivity index (χ3v) is 8.17. The van der Waals surface area contributed by atoms with Gasteiger partial charge in [-0.15, -0.1) is 0 Å². The number of nitrogens with one attached hydrogen (secondary N) is 2. The fourth-order valence-corrected chi connectivity index (χ4v) is 6.70. The number of anilines is 2. The van der Waals surface area contributed by atoms with Gasteiger partial charge in [0.05, 0.1) is 17.5 Å². The van der Waals surface area contributed by atoms with Crippen molar-refractivity contribution in [2.45, 2.75) is 44.7 Å². The van der Waals surface area contributed by atoms with Gasteiger partial charge in [-0.3, -0.25) is 19.3 Å². The van der Waals surface area contributed by atoms with Crippen LogP contribution < -0.4 is 15.4 Å². The third-order valence-electron chi connectivity index (χ3n) is 8.17. The average Bonchev–Trinajstić information content (AvgIpc) is 3.52. The van der Waals surface area contributed by atoms with Crippen LogP contribution in [0.25, 0.3) is 0 Å². The number of fused-ring (bicyclic) bond motifs is 7. The summed E-state index contributed by atoms with van der Waals surface area (Å²) in [6.45, 7) is 4.36. The van der Waals surface area contributed by atoms with Crippen molar-refractivity contribution in [2.24, 2.45) is 11.8 Å². The Labute approximate surface area is 196 Å². The molecule has 3 saturated heterocycles. The Kier molecular flexibility index (Phi) is 4.53. The molecule has 4 heterocycles. The highest BCUT2D eigenvalue weighted by atomic mass is 16.8. The maximum atomic E-state index is 14.0. The van der Waals surface area contributed by atoms with Gasteiger partial charge >= 0.3 is 0 Å². The van der Waals surface area contributed by atoms with Crippen molar-refractivity contribution in [1.29, 1.82) is 0 Å². The predicted molar refractivity (Wildman–Crippen MR) is 122 cm³/mol. The summed E-state index contributed by atoms with van der Waals surface area (Å²) in [6.07, 6.45) is 2.37. The first kappa shape index (κ1) is 21.4. The second-order valence-electron chi connectivity index (χ2n) is 9.68. The minimum atomic E-state index is -1.23. The molecule has 34 heavy (non-hydrogen) atoms. The second-order valence-corrected chi connectivity index (χ2v) is 9.68. The van der Waals surface area contributed by atoms with Crippen LogP contribution in [0.1, 0.15) is 36.5 Å². The SMILES string of the molecule is CCc1ccc2c(c1)[C@]1(C(=O)N2)[C@@H]2C(=O)N(c3ccc(C)c([NH+]([O-])O)c3)C(=O)[C@@H]2[C@@H]2CCCN21. The molecular weight excluding hydrogens is 436 g/mol. The molecule has 4 aliphatic heterocycles. The van der Waals surface area contributed by atoms with Gasteiger partial charge in [-0.2, -0.15) is 5.23 Å². The Morgan fingerprint density at radius 3 is 2.71 bits per heavy atom. The zero-order valence-corrected chi connectivity index (χ0v) is 19.0. The van der Waals surface area contributed by atoms with E-state index in [4.69, 9.17) is 0 Å². The summed E-state index contributed by atoms with van der Waals surface area (Å²) in [6, 6.07) is 10.2. The Balaban J connectivity index is 1.53. The van der Waals surface area contributed by atoms with E-state index in [1.54, 1.807) is 19.1 Å². The third kappa shape index (κ3) is 2.50. The Morgan fingerprint density at radius 1 is 1.18 bits per heavy atom. The molecule has 0 bridgehead atoms. The number of quaternary nitrogens is 1. The molecule has 9 nitrogen and oxygen atoms in total. The smallest absolute Gasteiger partial charge is 0.250 e. The van der Waals surface area contributed by atoms with Gasteiger partial charge in [-0.25, -0.2) is 10.1 Å². The fourth-order valence-electron chi connectivity index (χ4n) is 6.70. The van der Waals surface area contributed by atoms with E-state index in [1.165, 1.54) is 6.07 Å². The molecule has 6 rings (SSSR count). The predicted octanol–water partition coefficient (Wildman–Crippen LogP) is 1.39. The first-order valence-corrected chi connectivity index (χ1v) is 11.7. The number of rotatable bonds is 3. The first-order chi connectivity index (χ1) is 16.3. The lowest BCUT2D eigenvalue weighted by molar-refractivity contribution is -0.991. The van der Waals surface area contributed by atoms with Crippen LogP contribution >= 0.6 is 0 Å². The average molecular weight is 463 g/mol. The maximum absolute atomic E-state index is 14.0. The van der Waals surface area contributed by atoms with Gasteiger partial charge in [0.15, 0.2) is 5.69 Å². The number of aryl methyl sites for hydroxylation is 2. The molecular formula is C25H26N4O5. The lowest BCUT2D eigenvalue weighted by Gasteiger charge is -2.36. The van der Waals surface area contributed by atoms with Crippen molar-refractivity contribution >= 4 is 34.8 Å². The number of hydrogen-bond acceptors (Lipinski definition) is 6. The van der Waals surface area contributed by atoms with Crippen LogP contribution in [-0.4, -0.2) is 40.4 Å². The lowest BCUT2D eigenvalue weighted by atomic mass is 9.75. The fraction of sp³-hybridized carbons (Fsp3) is 0.400. The number of amides is 3. The van der Waals surface area contributed by atoms with Crippen molar-refractivity contribution in [3.8, 4) is 0 Å². The monoisotopic (exact) mass is 462 g/mol. The van der Waals surface area contributed by atoms with Gasteiger partial charge in [0.25, 0.3) is 0 Å². The van der Waals surface area contributed by atoms with E-state index in [9.17, 15) is 24.8 Å². The number of carbonyl (C=O) groups is 3. The number of carbonyl (C=O) groups excluding carboxylic acids is 3. The van der Waals surface area contributed by atoms with Crippen LogP contribution in [0.5, 0.6) is 0 Å². The molecule has 9 heteroatoms. The van der Waals surface area contributed by atoms with Crippen LogP contribution in [0.3, 0.4) is 0 Å². The lowest BCUT2D eigenvalue weighted by Crippen LogP contribution is -2.99. The Morgan fingerprint density at radius 2 is 1.97 bits per heavy atom. The minimum Gasteiger partial charge on any atom is -0.595 e. The highest BCUT2D eigenvalue weighted by Gasteiger charge is 2.74. The number of benzene rings is 2. The topological polar surface area (TPSA) is 117 Å². The van der Waals surface area contributed by atoms with Crippen LogP contribution in [0.2, 0.25) is 0 Å². The molecule has 0 saturated carbocycles.